The molecule has 6 heteroatoms. The molecule has 1 aromatic rings. The van der Waals surface area contributed by atoms with Gasteiger partial charge in [-0.05, 0) is 12.3 Å². The smallest absolute Gasteiger partial charge is 0.150 e. The molecule has 0 saturated carbocycles. The van der Waals surface area contributed by atoms with Crippen molar-refractivity contribution < 1.29 is 13.2 Å². The Kier molecular flexibility index (Phi) is 4.35. The van der Waals surface area contributed by atoms with Gasteiger partial charge in [0.1, 0.15) is 10.8 Å². The summed E-state index contributed by atoms with van der Waals surface area (Å²) in [4.78, 5) is 16.5. The van der Waals surface area contributed by atoms with Gasteiger partial charge in [0.05, 0.1) is 23.6 Å². The van der Waals surface area contributed by atoms with Crippen molar-refractivity contribution in [2.45, 2.75) is 45.4 Å². The summed E-state index contributed by atoms with van der Waals surface area (Å²) in [6, 6.07) is 0. The number of aromatic nitrogens is 1. The van der Waals surface area contributed by atoms with Crippen LogP contribution >= 0.6 is 11.3 Å². The number of rotatable bonds is 4. The topological polar surface area (TPSA) is 64.1 Å². The van der Waals surface area contributed by atoms with Crippen LogP contribution in [0.3, 0.4) is 0 Å². The average molecular weight is 315 g/mol. The zero-order valence-corrected chi connectivity index (χ0v) is 13.8. The van der Waals surface area contributed by atoms with E-state index in [2.05, 4.69) is 25.8 Å². The Balaban J connectivity index is 1.91. The van der Waals surface area contributed by atoms with Crippen molar-refractivity contribution in [1.29, 1.82) is 0 Å². The maximum Gasteiger partial charge on any atom is 0.150 e. The zero-order chi connectivity index (χ0) is 15.0. The van der Waals surface area contributed by atoms with Crippen LogP contribution in [0.2, 0.25) is 0 Å². The summed E-state index contributed by atoms with van der Waals surface area (Å²) in [6.45, 7) is 6.28. The van der Waals surface area contributed by atoms with Gasteiger partial charge in [-0.25, -0.2) is 13.4 Å². The first-order valence-electron chi connectivity index (χ1n) is 6.83. The lowest BCUT2D eigenvalue weighted by Crippen LogP contribution is -2.14. The largest absolute Gasteiger partial charge is 0.299 e. The Bertz CT molecular complexity index is 596. The van der Waals surface area contributed by atoms with Crippen LogP contribution in [0.25, 0.3) is 0 Å². The van der Waals surface area contributed by atoms with Crippen molar-refractivity contribution in [3.63, 3.8) is 0 Å². The highest BCUT2D eigenvalue weighted by Gasteiger charge is 2.29. The van der Waals surface area contributed by atoms with Crippen molar-refractivity contribution in [1.82, 2.24) is 4.98 Å². The summed E-state index contributed by atoms with van der Waals surface area (Å²) in [5.74, 6) is 0.511. The minimum absolute atomic E-state index is 0.00265. The van der Waals surface area contributed by atoms with Crippen LogP contribution in [0.15, 0.2) is 5.38 Å². The molecule has 0 amide bonds. The van der Waals surface area contributed by atoms with Crippen molar-refractivity contribution in [2.75, 3.05) is 11.5 Å². The molecular formula is C14H21NO3S2. The minimum atomic E-state index is -2.89. The molecule has 0 aliphatic carbocycles. The van der Waals surface area contributed by atoms with Crippen LogP contribution < -0.4 is 0 Å². The van der Waals surface area contributed by atoms with Gasteiger partial charge in [-0.3, -0.25) is 4.79 Å². The Morgan fingerprint density at radius 3 is 2.65 bits per heavy atom. The van der Waals surface area contributed by atoms with E-state index >= 15 is 0 Å². The molecule has 0 spiro atoms. The monoisotopic (exact) mass is 315 g/mol. The van der Waals surface area contributed by atoms with Gasteiger partial charge in [-0.15, -0.1) is 11.3 Å². The van der Waals surface area contributed by atoms with Gasteiger partial charge in [0, 0.05) is 17.2 Å². The first-order chi connectivity index (χ1) is 9.16. The highest BCUT2D eigenvalue weighted by Crippen LogP contribution is 2.26. The Morgan fingerprint density at radius 1 is 1.45 bits per heavy atom. The normalized spacial score (nSPS) is 22.1. The average Bonchev–Trinajstić information content (AvgIpc) is 2.84. The lowest BCUT2D eigenvalue weighted by molar-refractivity contribution is -0.119. The molecule has 112 valence electrons. The van der Waals surface area contributed by atoms with Crippen LogP contribution in [-0.2, 0) is 26.5 Å². The van der Waals surface area contributed by atoms with Gasteiger partial charge in [0.25, 0.3) is 0 Å². The molecule has 1 aliphatic heterocycles. The zero-order valence-electron chi connectivity index (χ0n) is 12.2. The van der Waals surface area contributed by atoms with Crippen LogP contribution in [-0.4, -0.2) is 30.7 Å². The highest BCUT2D eigenvalue weighted by atomic mass is 32.2. The fourth-order valence-corrected chi connectivity index (χ4v) is 5.24. The second kappa shape index (κ2) is 5.56. The predicted molar refractivity (Wildman–Crippen MR) is 80.9 cm³/mol. The molecular weight excluding hydrogens is 294 g/mol. The molecule has 1 aromatic heterocycles. The number of hydrogen-bond acceptors (Lipinski definition) is 5. The van der Waals surface area contributed by atoms with Gasteiger partial charge in [0.2, 0.25) is 0 Å². The van der Waals surface area contributed by atoms with Crippen molar-refractivity contribution in [3.05, 3.63) is 16.1 Å². The van der Waals surface area contributed by atoms with Crippen LogP contribution in [0.5, 0.6) is 0 Å². The molecule has 0 aromatic carbocycles. The van der Waals surface area contributed by atoms with Gasteiger partial charge in [-0.1, -0.05) is 20.8 Å². The molecule has 2 heterocycles. The third kappa shape index (κ3) is 4.12. The molecule has 2 rings (SSSR count). The molecule has 1 aliphatic rings. The third-order valence-electron chi connectivity index (χ3n) is 3.51. The maximum absolute atomic E-state index is 12.0. The standard InChI is InChI=1S/C14H21NO3S2/c1-14(2,3)12-8-19-13(15-12)7-11(16)6-10-4-5-20(17,18)9-10/h8,10H,4-7,9H2,1-3H3. The molecule has 1 saturated heterocycles. The van der Waals surface area contributed by atoms with E-state index in [1.165, 1.54) is 11.3 Å². The molecule has 0 N–H and O–H groups in total. The van der Waals surface area contributed by atoms with E-state index in [1.54, 1.807) is 0 Å². The Labute approximate surface area is 124 Å². The van der Waals surface area contributed by atoms with Crippen molar-refractivity contribution in [3.8, 4) is 0 Å². The van der Waals surface area contributed by atoms with Gasteiger partial charge in [0.15, 0.2) is 9.84 Å². The quantitative estimate of drug-likeness (QED) is 0.855. The predicted octanol–water partition coefficient (Wildman–Crippen LogP) is 2.38. The van der Waals surface area contributed by atoms with E-state index in [1.807, 2.05) is 5.38 Å². The van der Waals surface area contributed by atoms with E-state index in [4.69, 9.17) is 0 Å². The summed E-state index contributed by atoms with van der Waals surface area (Å²) >= 11 is 1.51. The third-order valence-corrected chi connectivity index (χ3v) is 6.20. The highest BCUT2D eigenvalue weighted by molar-refractivity contribution is 7.91. The molecule has 1 atom stereocenters. The van der Waals surface area contributed by atoms with E-state index in [-0.39, 0.29) is 28.6 Å². The van der Waals surface area contributed by atoms with Crippen LogP contribution in [0.4, 0.5) is 0 Å². The lowest BCUT2D eigenvalue weighted by Gasteiger charge is -2.14. The first kappa shape index (κ1) is 15.6. The second-order valence-corrected chi connectivity index (χ2v) is 9.74. The summed E-state index contributed by atoms with van der Waals surface area (Å²) in [5.41, 5.74) is 1.01. The number of hydrogen-bond donors (Lipinski definition) is 0. The lowest BCUT2D eigenvalue weighted by atomic mass is 9.93. The molecule has 1 fully saturated rings. The molecule has 20 heavy (non-hydrogen) atoms. The van der Waals surface area contributed by atoms with Crippen LogP contribution in [0, 0.1) is 5.92 Å². The molecule has 4 nitrogen and oxygen atoms in total. The SMILES string of the molecule is CC(C)(C)c1csc(CC(=O)CC2CCS(=O)(=O)C2)n1. The van der Waals surface area contributed by atoms with E-state index in [9.17, 15) is 13.2 Å². The number of carbonyl (C=O) groups is 1. The number of nitrogens with zero attached hydrogens (tertiary/aromatic N) is 1. The first-order valence-corrected chi connectivity index (χ1v) is 9.53. The number of Topliss-reactive ketones (excluding diaryl/α,β-unsaturated/α-hetero) is 1. The summed E-state index contributed by atoms with van der Waals surface area (Å²) < 4.78 is 22.7. The van der Waals surface area contributed by atoms with Gasteiger partial charge >= 0.3 is 0 Å². The van der Waals surface area contributed by atoms with Crippen molar-refractivity contribution in [2.24, 2.45) is 5.92 Å². The van der Waals surface area contributed by atoms with Gasteiger partial charge < -0.3 is 0 Å². The number of carbonyl (C=O) groups excluding carboxylic acids is 1. The molecule has 0 radical (unpaired) electrons. The number of ketones is 1. The van der Waals surface area contributed by atoms with E-state index in [0.29, 0.717) is 19.3 Å². The fourth-order valence-electron chi connectivity index (χ4n) is 2.33. The number of thiazole rings is 1. The maximum atomic E-state index is 12.0. The Morgan fingerprint density at radius 2 is 2.15 bits per heavy atom. The van der Waals surface area contributed by atoms with Gasteiger partial charge in [-0.2, -0.15) is 0 Å². The fraction of sp³-hybridized carbons (Fsp3) is 0.714. The minimum Gasteiger partial charge on any atom is -0.299 e. The molecule has 1 unspecified atom stereocenters. The molecule has 0 bridgehead atoms. The van der Waals surface area contributed by atoms with Crippen molar-refractivity contribution >= 4 is 27.0 Å². The Hall–Kier alpha value is -0.750. The summed E-state index contributed by atoms with van der Waals surface area (Å²) in [7, 11) is -2.89. The van der Waals surface area contributed by atoms with Crippen LogP contribution in [0.1, 0.15) is 44.3 Å². The summed E-state index contributed by atoms with van der Waals surface area (Å²) in [6.07, 6.45) is 1.32. The van der Waals surface area contributed by atoms with E-state index < -0.39 is 9.84 Å². The van der Waals surface area contributed by atoms with E-state index in [0.717, 1.165) is 10.7 Å². The summed E-state index contributed by atoms with van der Waals surface area (Å²) in [5, 5.41) is 2.84. The number of sulfone groups is 1. The second-order valence-electron chi connectivity index (χ2n) is 6.57.